The largest absolute Gasteiger partial charge is 0.383 e. The van der Waals surface area contributed by atoms with Gasteiger partial charge >= 0.3 is 0 Å². The van der Waals surface area contributed by atoms with Crippen LogP contribution >= 0.6 is 0 Å². The molecule has 0 aliphatic heterocycles. The molecular formula is C18H28FNO. The van der Waals surface area contributed by atoms with Crippen molar-refractivity contribution in [3.05, 3.63) is 35.6 Å². The normalized spacial score (nSPS) is 17.8. The number of rotatable bonds is 8. The van der Waals surface area contributed by atoms with Gasteiger partial charge in [0.1, 0.15) is 5.82 Å². The van der Waals surface area contributed by atoms with Crippen molar-refractivity contribution in [3.63, 3.8) is 0 Å². The van der Waals surface area contributed by atoms with E-state index in [-0.39, 0.29) is 5.82 Å². The van der Waals surface area contributed by atoms with Crippen molar-refractivity contribution in [1.82, 2.24) is 5.32 Å². The Morgan fingerprint density at radius 1 is 1.24 bits per heavy atom. The van der Waals surface area contributed by atoms with E-state index in [1.807, 2.05) is 12.1 Å². The van der Waals surface area contributed by atoms with E-state index in [1.54, 1.807) is 19.2 Å². The summed E-state index contributed by atoms with van der Waals surface area (Å²) in [5.74, 6) is 1.20. The molecule has 1 aromatic rings. The lowest BCUT2D eigenvalue weighted by Gasteiger charge is -2.31. The lowest BCUT2D eigenvalue weighted by Crippen LogP contribution is -2.33. The van der Waals surface area contributed by atoms with Crippen molar-refractivity contribution in [2.45, 2.75) is 38.5 Å². The van der Waals surface area contributed by atoms with Gasteiger partial charge < -0.3 is 10.1 Å². The minimum atomic E-state index is -0.0600. The van der Waals surface area contributed by atoms with Crippen molar-refractivity contribution in [1.29, 1.82) is 0 Å². The molecule has 1 aliphatic carbocycles. The van der Waals surface area contributed by atoms with Crippen LogP contribution < -0.4 is 5.32 Å². The Morgan fingerprint density at radius 2 is 2.00 bits per heavy atom. The van der Waals surface area contributed by atoms with Gasteiger partial charge in [-0.3, -0.25) is 0 Å². The zero-order valence-corrected chi connectivity index (χ0v) is 13.1. The molecule has 0 radical (unpaired) electrons. The van der Waals surface area contributed by atoms with E-state index in [9.17, 15) is 4.39 Å². The number of nitrogens with one attached hydrogen (secondary N) is 1. The van der Waals surface area contributed by atoms with Crippen molar-refractivity contribution >= 4 is 0 Å². The zero-order valence-electron chi connectivity index (χ0n) is 13.1. The predicted octanol–water partition coefficient (Wildman–Crippen LogP) is 3.80. The number of hydrogen-bond donors (Lipinski definition) is 1. The third-order valence-electron chi connectivity index (χ3n) is 4.65. The van der Waals surface area contributed by atoms with Gasteiger partial charge in [0.15, 0.2) is 0 Å². The van der Waals surface area contributed by atoms with Crippen LogP contribution in [0.2, 0.25) is 0 Å². The maximum atomic E-state index is 13.9. The van der Waals surface area contributed by atoms with Crippen LogP contribution in [0.5, 0.6) is 0 Å². The van der Waals surface area contributed by atoms with E-state index in [1.165, 1.54) is 32.1 Å². The number of ether oxygens (including phenoxy) is 1. The summed E-state index contributed by atoms with van der Waals surface area (Å²) in [7, 11) is 1.72. The van der Waals surface area contributed by atoms with E-state index < -0.39 is 0 Å². The summed E-state index contributed by atoms with van der Waals surface area (Å²) >= 11 is 0. The molecule has 118 valence electrons. The average molecular weight is 293 g/mol. The molecule has 1 saturated carbocycles. The van der Waals surface area contributed by atoms with Crippen molar-refractivity contribution < 1.29 is 9.13 Å². The highest BCUT2D eigenvalue weighted by Crippen LogP contribution is 2.32. The number of halogens is 1. The smallest absolute Gasteiger partial charge is 0.126 e. The summed E-state index contributed by atoms with van der Waals surface area (Å²) in [6, 6.07) is 7.21. The summed E-state index contributed by atoms with van der Waals surface area (Å²) in [4.78, 5) is 0. The van der Waals surface area contributed by atoms with E-state index >= 15 is 0 Å². The third kappa shape index (κ3) is 5.40. The Balaban J connectivity index is 1.95. The van der Waals surface area contributed by atoms with E-state index in [4.69, 9.17) is 4.74 Å². The fourth-order valence-electron chi connectivity index (χ4n) is 3.42. The molecule has 0 bridgehead atoms. The molecule has 0 saturated heterocycles. The second-order valence-electron chi connectivity index (χ2n) is 6.15. The van der Waals surface area contributed by atoms with Gasteiger partial charge in [0, 0.05) is 13.7 Å². The number of methoxy groups -OCH3 is 1. The average Bonchev–Trinajstić information content (AvgIpc) is 2.53. The van der Waals surface area contributed by atoms with Crippen LogP contribution in [-0.2, 0) is 11.2 Å². The fourth-order valence-corrected chi connectivity index (χ4v) is 3.42. The van der Waals surface area contributed by atoms with Gasteiger partial charge in [0.05, 0.1) is 6.61 Å². The topological polar surface area (TPSA) is 21.3 Å². The van der Waals surface area contributed by atoms with Crippen LogP contribution in [0.15, 0.2) is 24.3 Å². The molecule has 2 nitrogen and oxygen atoms in total. The number of benzene rings is 1. The second kappa shape index (κ2) is 9.16. The van der Waals surface area contributed by atoms with Crippen LogP contribution in [-0.4, -0.2) is 26.8 Å². The van der Waals surface area contributed by atoms with E-state index in [2.05, 4.69) is 5.32 Å². The van der Waals surface area contributed by atoms with Crippen LogP contribution in [0, 0.1) is 17.7 Å². The van der Waals surface area contributed by atoms with Crippen LogP contribution in [0.25, 0.3) is 0 Å². The van der Waals surface area contributed by atoms with Gasteiger partial charge in [-0.1, -0.05) is 50.3 Å². The van der Waals surface area contributed by atoms with Crippen LogP contribution in [0.1, 0.15) is 37.7 Å². The highest BCUT2D eigenvalue weighted by Gasteiger charge is 2.24. The molecule has 1 fully saturated rings. The third-order valence-corrected chi connectivity index (χ3v) is 4.65. The first-order chi connectivity index (χ1) is 10.3. The molecule has 0 aromatic heterocycles. The summed E-state index contributed by atoms with van der Waals surface area (Å²) < 4.78 is 19.0. The van der Waals surface area contributed by atoms with Crippen molar-refractivity contribution in [2.24, 2.45) is 11.8 Å². The van der Waals surface area contributed by atoms with E-state index in [0.717, 1.165) is 37.6 Å². The lowest BCUT2D eigenvalue weighted by molar-refractivity contribution is 0.190. The Hall–Kier alpha value is -0.930. The second-order valence-corrected chi connectivity index (χ2v) is 6.15. The molecule has 0 heterocycles. The zero-order chi connectivity index (χ0) is 14.9. The Morgan fingerprint density at radius 3 is 2.71 bits per heavy atom. The first kappa shape index (κ1) is 16.4. The van der Waals surface area contributed by atoms with Gasteiger partial charge in [-0.25, -0.2) is 4.39 Å². The summed E-state index contributed by atoms with van der Waals surface area (Å²) in [6.07, 6.45) is 7.46. The van der Waals surface area contributed by atoms with Gasteiger partial charge in [-0.2, -0.15) is 0 Å². The van der Waals surface area contributed by atoms with E-state index in [0.29, 0.717) is 5.92 Å². The first-order valence-corrected chi connectivity index (χ1v) is 8.24. The Labute approximate surface area is 128 Å². The molecule has 0 spiro atoms. The molecule has 1 atom stereocenters. The SMILES string of the molecule is COCCNCC(Cc1ccccc1F)C1CCCCC1. The highest BCUT2D eigenvalue weighted by atomic mass is 19.1. The predicted molar refractivity (Wildman–Crippen MR) is 84.9 cm³/mol. The summed E-state index contributed by atoms with van der Waals surface area (Å²) in [6.45, 7) is 2.57. The molecule has 21 heavy (non-hydrogen) atoms. The van der Waals surface area contributed by atoms with Crippen molar-refractivity contribution in [2.75, 3.05) is 26.8 Å². The highest BCUT2D eigenvalue weighted by molar-refractivity contribution is 5.18. The Kier molecular flexibility index (Phi) is 7.17. The molecule has 1 aliphatic rings. The van der Waals surface area contributed by atoms with Gasteiger partial charge in [-0.15, -0.1) is 0 Å². The lowest BCUT2D eigenvalue weighted by atomic mass is 9.77. The van der Waals surface area contributed by atoms with Crippen molar-refractivity contribution in [3.8, 4) is 0 Å². The fraction of sp³-hybridized carbons (Fsp3) is 0.667. The molecule has 2 rings (SSSR count). The minimum Gasteiger partial charge on any atom is -0.383 e. The molecule has 1 unspecified atom stereocenters. The molecule has 0 amide bonds. The number of hydrogen-bond acceptors (Lipinski definition) is 2. The monoisotopic (exact) mass is 293 g/mol. The summed E-state index contributed by atoms with van der Waals surface area (Å²) in [5.41, 5.74) is 0.863. The van der Waals surface area contributed by atoms with Gasteiger partial charge in [0.2, 0.25) is 0 Å². The van der Waals surface area contributed by atoms with Crippen LogP contribution in [0.4, 0.5) is 4.39 Å². The summed E-state index contributed by atoms with van der Waals surface area (Å²) in [5, 5.41) is 3.48. The van der Waals surface area contributed by atoms with Crippen LogP contribution in [0.3, 0.4) is 0 Å². The molecule has 1 aromatic carbocycles. The quantitative estimate of drug-likeness (QED) is 0.736. The Bertz CT molecular complexity index is 404. The molecular weight excluding hydrogens is 265 g/mol. The molecule has 3 heteroatoms. The first-order valence-electron chi connectivity index (χ1n) is 8.24. The van der Waals surface area contributed by atoms with Gasteiger partial charge in [-0.05, 0) is 36.4 Å². The maximum Gasteiger partial charge on any atom is 0.126 e. The van der Waals surface area contributed by atoms with Gasteiger partial charge in [0.25, 0.3) is 0 Å². The standard InChI is InChI=1S/C18H28FNO/c1-21-12-11-20-14-17(15-7-3-2-4-8-15)13-16-9-5-6-10-18(16)19/h5-6,9-10,15,17,20H,2-4,7-8,11-14H2,1H3. The minimum absolute atomic E-state index is 0.0600. The maximum absolute atomic E-state index is 13.9. The molecule has 1 N–H and O–H groups in total.